The lowest BCUT2D eigenvalue weighted by Crippen LogP contribution is -2.58. The van der Waals surface area contributed by atoms with Crippen molar-refractivity contribution in [2.75, 3.05) is 26.2 Å². The van der Waals surface area contributed by atoms with E-state index >= 15 is 0 Å². The summed E-state index contributed by atoms with van der Waals surface area (Å²) in [5.41, 5.74) is 5.05. The van der Waals surface area contributed by atoms with Gasteiger partial charge in [0.15, 0.2) is 0 Å². The van der Waals surface area contributed by atoms with Crippen molar-refractivity contribution in [3.8, 4) is 0 Å². The highest BCUT2D eigenvalue weighted by molar-refractivity contribution is 5.78. The number of hydrogen-bond donors (Lipinski definition) is 2. The zero-order valence-corrected chi connectivity index (χ0v) is 22.6. The highest BCUT2D eigenvalue weighted by Gasteiger charge is 2.31. The van der Waals surface area contributed by atoms with E-state index in [0.29, 0.717) is 26.2 Å². The van der Waals surface area contributed by atoms with Gasteiger partial charge in [0.25, 0.3) is 0 Å². The molecule has 2 N–H and O–H groups in total. The summed E-state index contributed by atoms with van der Waals surface area (Å²) in [7, 11) is 0. The molecule has 0 unspecified atom stereocenters. The molecule has 192 valence electrons. The molecule has 1 aliphatic rings. The van der Waals surface area contributed by atoms with Gasteiger partial charge in [0.05, 0.1) is 11.1 Å². The minimum Gasteiger partial charge on any atom is -0.329 e. The molecule has 0 bridgehead atoms. The van der Waals surface area contributed by atoms with Gasteiger partial charge in [0.1, 0.15) is 0 Å². The highest BCUT2D eigenvalue weighted by atomic mass is 16.2. The summed E-state index contributed by atoms with van der Waals surface area (Å²) in [5, 5.41) is 6.32. The highest BCUT2D eigenvalue weighted by Crippen LogP contribution is 2.25. The maximum atomic E-state index is 13.1. The van der Waals surface area contributed by atoms with Crippen LogP contribution in [0.25, 0.3) is 11.1 Å². The quantitative estimate of drug-likeness (QED) is 0.527. The molecule has 0 aliphatic carbocycles. The minimum absolute atomic E-state index is 0.127. The first kappa shape index (κ1) is 27.1. The Morgan fingerprint density at radius 3 is 1.33 bits per heavy atom. The van der Waals surface area contributed by atoms with Crippen molar-refractivity contribution in [3.05, 3.63) is 83.9 Å². The van der Waals surface area contributed by atoms with Crippen molar-refractivity contribution in [2.45, 2.75) is 52.6 Å². The van der Waals surface area contributed by atoms with Gasteiger partial charge in [-0.15, -0.1) is 0 Å². The molecule has 0 spiro atoms. The molecule has 0 aromatic heterocycles. The number of nitrogens with one attached hydrogen (secondary N) is 2. The van der Waals surface area contributed by atoms with Crippen LogP contribution < -0.4 is 10.6 Å². The van der Waals surface area contributed by atoms with Gasteiger partial charge in [-0.25, -0.2) is 9.59 Å². The van der Waals surface area contributed by atoms with Crippen LogP contribution in [0.3, 0.4) is 0 Å². The van der Waals surface area contributed by atoms with Gasteiger partial charge >= 0.3 is 12.1 Å². The van der Waals surface area contributed by atoms with Gasteiger partial charge in [-0.3, -0.25) is 0 Å². The molecule has 0 radical (unpaired) electrons. The summed E-state index contributed by atoms with van der Waals surface area (Å²) in [6, 6.07) is 15.9. The summed E-state index contributed by atoms with van der Waals surface area (Å²) in [4.78, 5) is 29.7. The van der Waals surface area contributed by atoms with E-state index < -0.39 is 11.1 Å². The molecule has 1 aliphatic heterocycles. The summed E-state index contributed by atoms with van der Waals surface area (Å²) in [5.74, 6) is 0. The Balaban J connectivity index is 1.58. The molecule has 1 saturated heterocycles. The number of carbonyl (C=O) groups excluding carboxylic acids is 2. The average molecular weight is 489 g/mol. The molecule has 1 fully saturated rings. The molecule has 0 atom stereocenters. The fourth-order valence-electron chi connectivity index (χ4n) is 4.30. The maximum absolute atomic E-state index is 13.1. The van der Waals surface area contributed by atoms with E-state index in [1.54, 1.807) is 9.80 Å². The zero-order chi connectivity index (χ0) is 26.7. The van der Waals surface area contributed by atoms with Crippen molar-refractivity contribution in [2.24, 2.45) is 0 Å². The summed E-state index contributed by atoms with van der Waals surface area (Å²) in [6.45, 7) is 21.9. The topological polar surface area (TPSA) is 64.7 Å². The summed E-state index contributed by atoms with van der Waals surface area (Å²) < 4.78 is 0. The number of urea groups is 2. The molecule has 1 heterocycles. The second-order valence-corrected chi connectivity index (χ2v) is 10.8. The standard InChI is InChI=1S/C30H40N4O2/c1-21(2)23-11-9-13-25(19-23)29(5,6)31-27(35)33-15-17-34(18-16-33)28(36)32-30(7,8)26-14-10-12-24(20-26)22(3)4/h9-14,19-20H,1,3,15-18H2,2,4-8H3,(H,31,35)(H,32,36). The van der Waals surface area contributed by atoms with E-state index in [0.717, 1.165) is 33.4 Å². The first-order chi connectivity index (χ1) is 16.8. The van der Waals surface area contributed by atoms with Crippen LogP contribution >= 0.6 is 0 Å². The fraction of sp³-hybridized carbons (Fsp3) is 0.400. The Bertz CT molecular complexity index is 1070. The summed E-state index contributed by atoms with van der Waals surface area (Å²) >= 11 is 0. The third kappa shape index (κ3) is 6.36. The van der Waals surface area contributed by atoms with Gasteiger partial charge in [-0.1, -0.05) is 60.7 Å². The molecular formula is C30H40N4O2. The van der Waals surface area contributed by atoms with Crippen LogP contribution in [0.5, 0.6) is 0 Å². The predicted octanol–water partition coefficient (Wildman–Crippen LogP) is 5.96. The lowest BCUT2D eigenvalue weighted by atomic mass is 9.91. The normalized spacial score (nSPS) is 14.3. The first-order valence-electron chi connectivity index (χ1n) is 12.5. The second-order valence-electron chi connectivity index (χ2n) is 10.8. The number of amides is 4. The molecule has 0 saturated carbocycles. The Hall–Kier alpha value is -3.54. The zero-order valence-electron chi connectivity index (χ0n) is 22.6. The van der Waals surface area contributed by atoms with Crippen LogP contribution in [0, 0.1) is 0 Å². The van der Waals surface area contributed by atoms with Crippen molar-refractivity contribution < 1.29 is 9.59 Å². The van der Waals surface area contributed by atoms with Gasteiger partial charge in [-0.05, 0) is 75.9 Å². The fourth-order valence-corrected chi connectivity index (χ4v) is 4.30. The number of piperazine rings is 1. The molecule has 36 heavy (non-hydrogen) atoms. The Labute approximate surface area is 216 Å². The van der Waals surface area contributed by atoms with E-state index in [2.05, 4.69) is 35.9 Å². The monoisotopic (exact) mass is 488 g/mol. The number of nitrogens with zero attached hydrogens (tertiary/aromatic N) is 2. The second kappa shape index (κ2) is 10.6. The lowest BCUT2D eigenvalue weighted by Gasteiger charge is -2.38. The molecule has 3 rings (SSSR count). The van der Waals surface area contributed by atoms with Crippen LogP contribution in [-0.4, -0.2) is 48.0 Å². The molecule has 2 aromatic carbocycles. The van der Waals surface area contributed by atoms with E-state index in [1.165, 1.54) is 0 Å². The maximum Gasteiger partial charge on any atom is 0.318 e. The molecule has 6 nitrogen and oxygen atoms in total. The van der Waals surface area contributed by atoms with Crippen molar-refractivity contribution >= 4 is 23.2 Å². The number of hydrogen-bond acceptors (Lipinski definition) is 2. The number of rotatable bonds is 6. The van der Waals surface area contributed by atoms with E-state index in [9.17, 15) is 9.59 Å². The van der Waals surface area contributed by atoms with Crippen LogP contribution in [0.4, 0.5) is 9.59 Å². The lowest BCUT2D eigenvalue weighted by molar-refractivity contribution is 0.133. The Morgan fingerprint density at radius 2 is 1.03 bits per heavy atom. The number of carbonyl (C=O) groups is 2. The third-order valence-corrected chi connectivity index (χ3v) is 6.85. The van der Waals surface area contributed by atoms with Crippen molar-refractivity contribution in [1.82, 2.24) is 20.4 Å². The van der Waals surface area contributed by atoms with Gasteiger partial charge in [-0.2, -0.15) is 0 Å². The van der Waals surface area contributed by atoms with Gasteiger partial charge < -0.3 is 20.4 Å². The molecular weight excluding hydrogens is 448 g/mol. The van der Waals surface area contributed by atoms with E-state index in [4.69, 9.17) is 0 Å². The SMILES string of the molecule is C=C(C)c1cccc(C(C)(C)NC(=O)N2CCN(C(=O)NC(C)(C)c3cccc(C(=C)C)c3)CC2)c1. The van der Waals surface area contributed by atoms with Crippen LogP contribution in [-0.2, 0) is 11.1 Å². The van der Waals surface area contributed by atoms with Gasteiger partial charge in [0, 0.05) is 26.2 Å². The molecule has 4 amide bonds. The van der Waals surface area contributed by atoms with Crippen LogP contribution in [0.15, 0.2) is 61.7 Å². The largest absolute Gasteiger partial charge is 0.329 e. The predicted molar refractivity (Wildman–Crippen MR) is 149 cm³/mol. The average Bonchev–Trinajstić information content (AvgIpc) is 2.83. The summed E-state index contributed by atoms with van der Waals surface area (Å²) in [6.07, 6.45) is 0. The van der Waals surface area contributed by atoms with Crippen molar-refractivity contribution in [1.29, 1.82) is 0 Å². The van der Waals surface area contributed by atoms with Crippen molar-refractivity contribution in [3.63, 3.8) is 0 Å². The van der Waals surface area contributed by atoms with Gasteiger partial charge in [0.2, 0.25) is 0 Å². The Kier molecular flexibility index (Phi) is 7.97. The van der Waals surface area contributed by atoms with Crippen LogP contribution in [0.1, 0.15) is 63.8 Å². The number of allylic oxidation sites excluding steroid dienone is 2. The number of benzene rings is 2. The third-order valence-electron chi connectivity index (χ3n) is 6.85. The first-order valence-corrected chi connectivity index (χ1v) is 12.5. The minimum atomic E-state index is -0.542. The van der Waals surface area contributed by atoms with E-state index in [-0.39, 0.29) is 12.1 Å². The Morgan fingerprint density at radius 1 is 0.694 bits per heavy atom. The van der Waals surface area contributed by atoms with E-state index in [1.807, 2.05) is 77.9 Å². The molecule has 2 aromatic rings. The van der Waals surface area contributed by atoms with Crippen LogP contribution in [0.2, 0.25) is 0 Å². The smallest absolute Gasteiger partial charge is 0.318 e. The molecule has 6 heteroatoms.